The maximum atomic E-state index is 10.1. The Morgan fingerprint density at radius 1 is 1.52 bits per heavy atom. The van der Waals surface area contributed by atoms with Gasteiger partial charge in [-0.2, -0.15) is 5.26 Å². The predicted molar refractivity (Wildman–Crippen MR) is 81.2 cm³/mol. The predicted octanol–water partition coefficient (Wildman–Crippen LogP) is 0.934. The van der Waals surface area contributed by atoms with Gasteiger partial charge in [-0.05, 0) is 45.3 Å². The summed E-state index contributed by atoms with van der Waals surface area (Å²) < 4.78 is 5.56. The summed E-state index contributed by atoms with van der Waals surface area (Å²) in [5.41, 5.74) is 0.565. The third-order valence-corrected chi connectivity index (χ3v) is 3.85. The summed E-state index contributed by atoms with van der Waals surface area (Å²) in [6, 6.07) is 9.64. The fourth-order valence-electron chi connectivity index (χ4n) is 2.60. The molecule has 0 spiro atoms. The molecular weight excluding hydrogens is 266 g/mol. The molecule has 1 aromatic rings. The summed E-state index contributed by atoms with van der Waals surface area (Å²) in [5, 5.41) is 18.9. The Morgan fingerprint density at radius 2 is 2.33 bits per heavy atom. The third-order valence-electron chi connectivity index (χ3n) is 3.85. The van der Waals surface area contributed by atoms with Crippen molar-refractivity contribution in [1.29, 1.82) is 5.26 Å². The number of likely N-dealkylation sites (tertiary alicyclic amines) is 1. The number of aliphatic hydroxyl groups is 1. The Kier molecular flexibility index (Phi) is 5.57. The molecule has 1 fully saturated rings. The summed E-state index contributed by atoms with van der Waals surface area (Å²) in [5.74, 6) is 0.626. The van der Waals surface area contributed by atoms with E-state index in [1.54, 1.807) is 24.3 Å². The fourth-order valence-corrected chi connectivity index (χ4v) is 2.60. The van der Waals surface area contributed by atoms with E-state index in [1.807, 2.05) is 0 Å². The van der Waals surface area contributed by atoms with Gasteiger partial charge in [0.2, 0.25) is 0 Å². The van der Waals surface area contributed by atoms with E-state index in [-0.39, 0.29) is 6.61 Å². The zero-order valence-electron chi connectivity index (χ0n) is 12.7. The molecule has 5 nitrogen and oxygen atoms in total. The van der Waals surface area contributed by atoms with Crippen LogP contribution in [-0.2, 0) is 0 Å². The first-order valence-electron chi connectivity index (χ1n) is 7.28. The van der Waals surface area contributed by atoms with E-state index in [2.05, 4.69) is 30.0 Å². The zero-order chi connectivity index (χ0) is 15.2. The molecule has 114 valence electrons. The number of hydrogen-bond donors (Lipinski definition) is 1. The maximum Gasteiger partial charge on any atom is 0.120 e. The quantitative estimate of drug-likeness (QED) is 0.844. The highest BCUT2D eigenvalue weighted by atomic mass is 16.5. The van der Waals surface area contributed by atoms with E-state index in [0.717, 1.165) is 19.5 Å². The summed E-state index contributed by atoms with van der Waals surface area (Å²) >= 11 is 0. The first-order chi connectivity index (χ1) is 10.1. The van der Waals surface area contributed by atoms with E-state index in [1.165, 1.54) is 0 Å². The first kappa shape index (κ1) is 15.8. The Balaban J connectivity index is 1.75. The molecule has 5 heteroatoms. The number of nitrogens with zero attached hydrogens (tertiary/aromatic N) is 3. The van der Waals surface area contributed by atoms with E-state index >= 15 is 0 Å². The average Bonchev–Trinajstić information content (AvgIpc) is 2.94. The Bertz CT molecular complexity index is 499. The molecule has 0 amide bonds. The number of ether oxygens (including phenoxy) is 1. The number of rotatable bonds is 6. The minimum atomic E-state index is -0.517. The molecule has 0 aliphatic carbocycles. The van der Waals surface area contributed by atoms with Gasteiger partial charge in [-0.1, -0.05) is 6.07 Å². The molecule has 1 N–H and O–H groups in total. The highest BCUT2D eigenvalue weighted by Gasteiger charge is 2.25. The molecule has 2 atom stereocenters. The van der Waals surface area contributed by atoms with Crippen LogP contribution >= 0.6 is 0 Å². The minimum Gasteiger partial charge on any atom is -0.491 e. The number of β-amino-alcohol motifs (C(OH)–C–C–N with tert-alkyl or cyclic N) is 1. The van der Waals surface area contributed by atoms with E-state index in [4.69, 9.17) is 10.00 Å². The van der Waals surface area contributed by atoms with Crippen molar-refractivity contribution >= 4 is 0 Å². The summed E-state index contributed by atoms with van der Waals surface area (Å²) in [4.78, 5) is 4.50. The van der Waals surface area contributed by atoms with Crippen LogP contribution in [0.4, 0.5) is 0 Å². The smallest absolute Gasteiger partial charge is 0.120 e. The molecule has 1 aromatic carbocycles. The molecule has 1 aliphatic rings. The van der Waals surface area contributed by atoms with Crippen molar-refractivity contribution in [3.63, 3.8) is 0 Å². The summed E-state index contributed by atoms with van der Waals surface area (Å²) in [7, 11) is 4.19. The van der Waals surface area contributed by atoms with Crippen LogP contribution in [0.2, 0.25) is 0 Å². The molecule has 0 bridgehead atoms. The molecule has 1 aliphatic heterocycles. The van der Waals surface area contributed by atoms with E-state index in [9.17, 15) is 5.11 Å². The second kappa shape index (κ2) is 7.41. The molecule has 2 unspecified atom stereocenters. The second-order valence-electron chi connectivity index (χ2n) is 5.77. The third kappa shape index (κ3) is 4.71. The van der Waals surface area contributed by atoms with Gasteiger partial charge in [0, 0.05) is 19.1 Å². The van der Waals surface area contributed by atoms with Crippen LogP contribution in [0.15, 0.2) is 24.3 Å². The van der Waals surface area contributed by atoms with Crippen molar-refractivity contribution in [2.75, 3.05) is 40.3 Å². The molecule has 21 heavy (non-hydrogen) atoms. The van der Waals surface area contributed by atoms with Crippen LogP contribution in [0, 0.1) is 11.3 Å². The van der Waals surface area contributed by atoms with Gasteiger partial charge in [0.05, 0.1) is 11.6 Å². The molecule has 0 radical (unpaired) electrons. The van der Waals surface area contributed by atoms with Crippen molar-refractivity contribution in [2.24, 2.45) is 0 Å². The standard InChI is InChI=1S/C16H23N3O2/c1-18(2)14-6-7-19(10-14)11-15(20)12-21-16-5-3-4-13(8-16)9-17/h3-5,8,14-15,20H,6-7,10-12H2,1-2H3. The van der Waals surface area contributed by atoms with Crippen LogP contribution < -0.4 is 4.74 Å². The SMILES string of the molecule is CN(C)C1CCN(CC(O)COc2cccc(C#N)c2)C1. The van der Waals surface area contributed by atoms with Crippen molar-refractivity contribution < 1.29 is 9.84 Å². The molecule has 0 saturated carbocycles. The van der Waals surface area contributed by atoms with Gasteiger partial charge in [-0.15, -0.1) is 0 Å². The lowest BCUT2D eigenvalue weighted by molar-refractivity contribution is 0.0738. The second-order valence-corrected chi connectivity index (χ2v) is 5.77. The molecule has 2 rings (SSSR count). The minimum absolute atomic E-state index is 0.248. The topological polar surface area (TPSA) is 59.7 Å². The normalized spacial score (nSPS) is 20.4. The average molecular weight is 289 g/mol. The van der Waals surface area contributed by atoms with Crippen LogP contribution in [0.5, 0.6) is 5.75 Å². The van der Waals surface area contributed by atoms with Gasteiger partial charge in [-0.25, -0.2) is 0 Å². The Morgan fingerprint density at radius 3 is 3.00 bits per heavy atom. The number of hydrogen-bond acceptors (Lipinski definition) is 5. The molecule has 1 heterocycles. The monoisotopic (exact) mass is 289 g/mol. The van der Waals surface area contributed by atoms with Crippen LogP contribution in [0.3, 0.4) is 0 Å². The fraction of sp³-hybridized carbons (Fsp3) is 0.562. The highest BCUT2D eigenvalue weighted by Crippen LogP contribution is 2.15. The Hall–Kier alpha value is -1.61. The van der Waals surface area contributed by atoms with Crippen molar-refractivity contribution in [1.82, 2.24) is 9.80 Å². The maximum absolute atomic E-state index is 10.1. The van der Waals surface area contributed by atoms with Crippen LogP contribution in [0.25, 0.3) is 0 Å². The number of benzene rings is 1. The van der Waals surface area contributed by atoms with Gasteiger partial charge >= 0.3 is 0 Å². The number of likely N-dealkylation sites (N-methyl/N-ethyl adjacent to an activating group) is 1. The van der Waals surface area contributed by atoms with Crippen molar-refractivity contribution in [3.8, 4) is 11.8 Å². The number of nitriles is 1. The lowest BCUT2D eigenvalue weighted by atomic mass is 10.2. The van der Waals surface area contributed by atoms with Crippen LogP contribution in [0.1, 0.15) is 12.0 Å². The lowest BCUT2D eigenvalue weighted by Crippen LogP contribution is -2.37. The summed E-state index contributed by atoms with van der Waals surface area (Å²) in [6.45, 7) is 2.89. The largest absolute Gasteiger partial charge is 0.491 e. The van der Waals surface area contributed by atoms with Crippen LogP contribution in [-0.4, -0.2) is 67.4 Å². The van der Waals surface area contributed by atoms with Crippen molar-refractivity contribution in [3.05, 3.63) is 29.8 Å². The van der Waals surface area contributed by atoms with Gasteiger partial charge in [0.25, 0.3) is 0 Å². The van der Waals surface area contributed by atoms with E-state index in [0.29, 0.717) is 23.9 Å². The summed E-state index contributed by atoms with van der Waals surface area (Å²) in [6.07, 6.45) is 0.627. The van der Waals surface area contributed by atoms with Crippen molar-refractivity contribution in [2.45, 2.75) is 18.6 Å². The molecule has 1 saturated heterocycles. The Labute approximate surface area is 126 Å². The van der Waals surface area contributed by atoms with Gasteiger partial charge in [0.1, 0.15) is 18.5 Å². The van der Waals surface area contributed by atoms with Gasteiger partial charge in [0.15, 0.2) is 0 Å². The number of aliphatic hydroxyl groups excluding tert-OH is 1. The van der Waals surface area contributed by atoms with E-state index < -0.39 is 6.10 Å². The molecule has 0 aromatic heterocycles. The lowest BCUT2D eigenvalue weighted by Gasteiger charge is -2.22. The highest BCUT2D eigenvalue weighted by molar-refractivity contribution is 5.36. The first-order valence-corrected chi connectivity index (χ1v) is 7.28. The van der Waals surface area contributed by atoms with Gasteiger partial charge in [-0.3, -0.25) is 4.90 Å². The molecular formula is C16H23N3O2. The zero-order valence-corrected chi connectivity index (χ0v) is 12.7. The van der Waals surface area contributed by atoms with Gasteiger partial charge < -0.3 is 14.7 Å².